The summed E-state index contributed by atoms with van der Waals surface area (Å²) in [6.45, 7) is 5.05. The number of carbonyl (C=O) groups excluding carboxylic acids is 3. The van der Waals surface area contributed by atoms with Crippen molar-refractivity contribution >= 4 is 35.0 Å². The Bertz CT molecular complexity index is 634. The van der Waals surface area contributed by atoms with Gasteiger partial charge >= 0.3 is 5.97 Å². The number of hydrogen-bond acceptors (Lipinski definition) is 6. The van der Waals surface area contributed by atoms with Crippen LogP contribution in [0.25, 0.3) is 6.08 Å². The van der Waals surface area contributed by atoms with Crippen LogP contribution in [0.3, 0.4) is 0 Å². The average molecular weight is 323 g/mol. The standard InChI is InChI=1S/C15H17NO5S/c1-4-9(2)21-13(17)8-16-14(18)12(22-15(16)19)7-11-6-5-10(3)20-11/h5-7,9H,4,8H2,1-3H3/b12-7+/t9-/m1/s1. The van der Waals surface area contributed by atoms with E-state index < -0.39 is 17.1 Å². The van der Waals surface area contributed by atoms with Crippen molar-refractivity contribution in [3.8, 4) is 0 Å². The quantitative estimate of drug-likeness (QED) is 0.612. The van der Waals surface area contributed by atoms with Gasteiger partial charge in [0.1, 0.15) is 18.1 Å². The van der Waals surface area contributed by atoms with Crippen molar-refractivity contribution in [2.24, 2.45) is 0 Å². The third kappa shape index (κ3) is 3.79. The molecule has 2 heterocycles. The minimum absolute atomic E-state index is 0.232. The first kappa shape index (κ1) is 16.4. The Balaban J connectivity index is 2.06. The van der Waals surface area contributed by atoms with E-state index in [0.717, 1.165) is 16.7 Å². The average Bonchev–Trinajstić information content (AvgIpc) is 2.98. The van der Waals surface area contributed by atoms with Gasteiger partial charge in [-0.3, -0.25) is 19.3 Å². The molecule has 0 aliphatic carbocycles. The Hall–Kier alpha value is -2.02. The first-order valence-corrected chi connectivity index (χ1v) is 7.73. The predicted octanol–water partition coefficient (Wildman–Crippen LogP) is 2.97. The zero-order valence-corrected chi connectivity index (χ0v) is 13.4. The van der Waals surface area contributed by atoms with Crippen LogP contribution in [0, 0.1) is 6.92 Å². The number of ether oxygens (including phenoxy) is 1. The van der Waals surface area contributed by atoms with Gasteiger partial charge in [-0.1, -0.05) is 6.92 Å². The SMILES string of the molecule is CC[C@@H](C)OC(=O)CN1C(=O)S/C(=C/c2ccc(C)o2)C1=O. The monoisotopic (exact) mass is 323 g/mol. The molecule has 0 bridgehead atoms. The molecule has 2 amide bonds. The van der Waals surface area contributed by atoms with Crippen LogP contribution in [-0.4, -0.2) is 34.7 Å². The number of carbonyl (C=O) groups is 3. The number of furan rings is 1. The van der Waals surface area contributed by atoms with E-state index in [-0.39, 0.29) is 17.6 Å². The highest BCUT2D eigenvalue weighted by Crippen LogP contribution is 2.32. The summed E-state index contributed by atoms with van der Waals surface area (Å²) in [7, 11) is 0. The van der Waals surface area contributed by atoms with Gasteiger partial charge in [-0.2, -0.15) is 0 Å². The smallest absolute Gasteiger partial charge is 0.326 e. The molecule has 1 fully saturated rings. The van der Waals surface area contributed by atoms with Crippen LogP contribution in [0.15, 0.2) is 21.5 Å². The van der Waals surface area contributed by atoms with Crippen molar-refractivity contribution in [3.05, 3.63) is 28.6 Å². The summed E-state index contributed by atoms with van der Waals surface area (Å²) in [5.41, 5.74) is 0. The molecule has 1 aromatic heterocycles. The third-order valence-electron chi connectivity index (χ3n) is 3.10. The van der Waals surface area contributed by atoms with Gasteiger partial charge in [0, 0.05) is 6.08 Å². The lowest BCUT2D eigenvalue weighted by Crippen LogP contribution is -2.35. The van der Waals surface area contributed by atoms with E-state index in [1.807, 2.05) is 6.92 Å². The summed E-state index contributed by atoms with van der Waals surface area (Å²) in [5.74, 6) is 0.102. The Morgan fingerprint density at radius 3 is 2.77 bits per heavy atom. The molecule has 0 N–H and O–H groups in total. The number of hydrogen-bond donors (Lipinski definition) is 0. The number of nitrogens with zero attached hydrogens (tertiary/aromatic N) is 1. The van der Waals surface area contributed by atoms with E-state index in [1.54, 1.807) is 26.0 Å². The maximum atomic E-state index is 12.2. The largest absolute Gasteiger partial charge is 0.462 e. The highest BCUT2D eigenvalue weighted by atomic mass is 32.2. The Labute approximate surface area is 132 Å². The molecule has 1 aromatic rings. The van der Waals surface area contributed by atoms with Crippen molar-refractivity contribution < 1.29 is 23.5 Å². The Kier molecular flexibility index (Phi) is 5.07. The molecule has 7 heteroatoms. The van der Waals surface area contributed by atoms with E-state index in [4.69, 9.17) is 9.15 Å². The molecule has 0 saturated carbocycles. The van der Waals surface area contributed by atoms with Crippen LogP contribution in [0.1, 0.15) is 31.8 Å². The van der Waals surface area contributed by atoms with Crippen molar-refractivity contribution in [2.75, 3.05) is 6.54 Å². The summed E-state index contributed by atoms with van der Waals surface area (Å²) < 4.78 is 10.4. The molecule has 0 spiro atoms. The van der Waals surface area contributed by atoms with Gasteiger partial charge in [-0.25, -0.2) is 0 Å². The molecule has 2 rings (SSSR count). The molecule has 1 aliphatic heterocycles. The first-order valence-electron chi connectivity index (χ1n) is 6.92. The van der Waals surface area contributed by atoms with Crippen LogP contribution in [0.2, 0.25) is 0 Å². The lowest BCUT2D eigenvalue weighted by Gasteiger charge is -2.14. The van der Waals surface area contributed by atoms with Crippen LogP contribution >= 0.6 is 11.8 Å². The fourth-order valence-corrected chi connectivity index (χ4v) is 2.59. The predicted molar refractivity (Wildman–Crippen MR) is 82.0 cm³/mol. The van der Waals surface area contributed by atoms with Crippen LogP contribution in [0.5, 0.6) is 0 Å². The molecule has 1 saturated heterocycles. The van der Waals surface area contributed by atoms with E-state index in [9.17, 15) is 14.4 Å². The highest BCUT2D eigenvalue weighted by molar-refractivity contribution is 8.18. The third-order valence-corrected chi connectivity index (χ3v) is 4.01. The van der Waals surface area contributed by atoms with Gasteiger partial charge in [0.15, 0.2) is 0 Å². The maximum Gasteiger partial charge on any atom is 0.326 e. The molecular weight excluding hydrogens is 306 g/mol. The van der Waals surface area contributed by atoms with Gasteiger partial charge in [-0.15, -0.1) is 0 Å². The molecule has 1 aliphatic rings. The lowest BCUT2D eigenvalue weighted by atomic mass is 10.3. The van der Waals surface area contributed by atoms with Gasteiger partial charge in [0.2, 0.25) is 0 Å². The Morgan fingerprint density at radius 2 is 2.18 bits per heavy atom. The molecule has 0 aromatic carbocycles. The number of rotatable bonds is 5. The van der Waals surface area contributed by atoms with Gasteiger partial charge in [0.25, 0.3) is 11.1 Å². The second-order valence-corrected chi connectivity index (χ2v) is 5.92. The summed E-state index contributed by atoms with van der Waals surface area (Å²) >= 11 is 0.783. The minimum atomic E-state index is -0.591. The zero-order valence-electron chi connectivity index (χ0n) is 12.6. The summed E-state index contributed by atoms with van der Waals surface area (Å²) in [6, 6.07) is 3.47. The normalized spacial score (nSPS) is 18.1. The molecule has 118 valence electrons. The van der Waals surface area contributed by atoms with Crippen molar-refractivity contribution in [1.82, 2.24) is 4.90 Å². The number of aryl methyl sites for hydroxylation is 1. The summed E-state index contributed by atoms with van der Waals surface area (Å²) in [5, 5.41) is -0.486. The van der Waals surface area contributed by atoms with Gasteiger partial charge < -0.3 is 9.15 Å². The minimum Gasteiger partial charge on any atom is -0.462 e. The van der Waals surface area contributed by atoms with E-state index >= 15 is 0 Å². The van der Waals surface area contributed by atoms with Crippen LogP contribution in [-0.2, 0) is 14.3 Å². The number of thioether (sulfide) groups is 1. The lowest BCUT2D eigenvalue weighted by molar-refractivity contribution is -0.150. The van der Waals surface area contributed by atoms with Gasteiger partial charge in [-0.05, 0) is 44.2 Å². The van der Waals surface area contributed by atoms with Crippen molar-refractivity contribution in [3.63, 3.8) is 0 Å². The van der Waals surface area contributed by atoms with Crippen LogP contribution in [0.4, 0.5) is 4.79 Å². The highest BCUT2D eigenvalue weighted by Gasteiger charge is 2.37. The topological polar surface area (TPSA) is 76.8 Å². The molecule has 1 atom stereocenters. The van der Waals surface area contributed by atoms with E-state index in [1.165, 1.54) is 6.08 Å². The van der Waals surface area contributed by atoms with Crippen molar-refractivity contribution in [1.29, 1.82) is 0 Å². The summed E-state index contributed by atoms with van der Waals surface area (Å²) in [6.07, 6.45) is 1.93. The zero-order chi connectivity index (χ0) is 16.3. The first-order chi connectivity index (χ1) is 10.4. The number of amides is 2. The van der Waals surface area contributed by atoms with Crippen molar-refractivity contribution in [2.45, 2.75) is 33.3 Å². The number of imide groups is 1. The van der Waals surface area contributed by atoms with E-state index in [0.29, 0.717) is 17.9 Å². The molecule has 0 radical (unpaired) electrons. The number of esters is 1. The Morgan fingerprint density at radius 1 is 1.45 bits per heavy atom. The molecule has 6 nitrogen and oxygen atoms in total. The summed E-state index contributed by atoms with van der Waals surface area (Å²) in [4.78, 5) is 36.9. The van der Waals surface area contributed by atoms with E-state index in [2.05, 4.69) is 0 Å². The van der Waals surface area contributed by atoms with Gasteiger partial charge in [0.05, 0.1) is 11.0 Å². The molecular formula is C15H17NO5S. The molecule has 0 unspecified atom stereocenters. The molecule has 22 heavy (non-hydrogen) atoms. The second-order valence-electron chi connectivity index (χ2n) is 4.92. The second kappa shape index (κ2) is 6.83. The fraction of sp³-hybridized carbons (Fsp3) is 0.400. The maximum absolute atomic E-state index is 12.2. The van der Waals surface area contributed by atoms with Crippen LogP contribution < -0.4 is 0 Å². The fourth-order valence-electron chi connectivity index (χ4n) is 1.77.